The van der Waals surface area contributed by atoms with E-state index in [1.54, 1.807) is 18.2 Å². The summed E-state index contributed by atoms with van der Waals surface area (Å²) >= 11 is 7.51. The van der Waals surface area contributed by atoms with Crippen molar-refractivity contribution in [2.24, 2.45) is 0 Å². The molecule has 21 heavy (non-hydrogen) atoms. The quantitative estimate of drug-likeness (QED) is 0.674. The highest BCUT2D eigenvalue weighted by molar-refractivity contribution is 7.14. The molecular formula is C16H12ClFN2S. The number of hydrogen-bond donors (Lipinski definition) is 1. The zero-order valence-electron chi connectivity index (χ0n) is 11.2. The van der Waals surface area contributed by atoms with Crippen LogP contribution in [0, 0.1) is 12.7 Å². The molecule has 1 aromatic heterocycles. The number of hydrogen-bond acceptors (Lipinski definition) is 3. The average Bonchev–Trinajstić information content (AvgIpc) is 2.92. The van der Waals surface area contributed by atoms with E-state index in [4.69, 9.17) is 11.6 Å². The van der Waals surface area contributed by atoms with E-state index in [0.717, 1.165) is 11.3 Å². The largest absolute Gasteiger partial charge is 0.330 e. The molecule has 0 aliphatic carbocycles. The number of anilines is 2. The highest BCUT2D eigenvalue weighted by Crippen LogP contribution is 2.31. The monoisotopic (exact) mass is 318 g/mol. The fourth-order valence-corrected chi connectivity index (χ4v) is 2.87. The average molecular weight is 319 g/mol. The molecule has 5 heteroatoms. The molecule has 3 rings (SSSR count). The molecule has 2 nitrogen and oxygen atoms in total. The number of thiazole rings is 1. The smallest absolute Gasteiger partial charge is 0.187 e. The van der Waals surface area contributed by atoms with Gasteiger partial charge in [0.2, 0.25) is 0 Å². The molecule has 0 spiro atoms. The third-order valence-electron chi connectivity index (χ3n) is 3.02. The Morgan fingerprint density at radius 1 is 1.19 bits per heavy atom. The third kappa shape index (κ3) is 3.06. The van der Waals surface area contributed by atoms with Crippen molar-refractivity contribution >= 4 is 33.8 Å². The molecule has 0 saturated heterocycles. The summed E-state index contributed by atoms with van der Waals surface area (Å²) in [6.45, 7) is 1.93. The summed E-state index contributed by atoms with van der Waals surface area (Å²) in [5.74, 6) is -0.268. The maximum atomic E-state index is 13.9. The molecule has 1 N–H and O–H groups in total. The van der Waals surface area contributed by atoms with E-state index >= 15 is 0 Å². The first-order valence-electron chi connectivity index (χ1n) is 6.37. The molecular weight excluding hydrogens is 307 g/mol. The highest BCUT2D eigenvalue weighted by atomic mass is 35.5. The van der Waals surface area contributed by atoms with E-state index in [-0.39, 0.29) is 5.82 Å². The number of halogens is 2. The number of benzene rings is 2. The molecule has 0 radical (unpaired) electrons. The predicted octanol–water partition coefficient (Wildman–Crippen LogP) is 5.65. The van der Waals surface area contributed by atoms with Crippen LogP contribution in [0.25, 0.3) is 11.3 Å². The van der Waals surface area contributed by atoms with Crippen LogP contribution in [0.2, 0.25) is 5.02 Å². The molecule has 106 valence electrons. The van der Waals surface area contributed by atoms with Crippen molar-refractivity contribution < 1.29 is 4.39 Å². The van der Waals surface area contributed by atoms with Gasteiger partial charge in [-0.2, -0.15) is 0 Å². The number of nitrogens with zero attached hydrogens (tertiary/aromatic N) is 1. The Balaban J connectivity index is 1.90. The van der Waals surface area contributed by atoms with Crippen molar-refractivity contribution in [3.05, 3.63) is 64.2 Å². The first kappa shape index (κ1) is 14.0. The highest BCUT2D eigenvalue weighted by Gasteiger charge is 2.10. The third-order valence-corrected chi connectivity index (χ3v) is 4.10. The van der Waals surface area contributed by atoms with Crippen LogP contribution in [0.5, 0.6) is 0 Å². The van der Waals surface area contributed by atoms with E-state index in [9.17, 15) is 4.39 Å². The van der Waals surface area contributed by atoms with Gasteiger partial charge in [-0.25, -0.2) is 9.37 Å². The van der Waals surface area contributed by atoms with Crippen LogP contribution in [0.3, 0.4) is 0 Å². The van der Waals surface area contributed by atoms with E-state index in [1.165, 1.54) is 17.4 Å². The van der Waals surface area contributed by atoms with Crippen LogP contribution in [0.4, 0.5) is 15.2 Å². The van der Waals surface area contributed by atoms with Crippen LogP contribution in [0.15, 0.2) is 47.8 Å². The summed E-state index contributed by atoms with van der Waals surface area (Å²) < 4.78 is 13.9. The molecule has 3 aromatic rings. The minimum absolute atomic E-state index is 0.268. The van der Waals surface area contributed by atoms with E-state index in [2.05, 4.69) is 10.3 Å². The van der Waals surface area contributed by atoms with Crippen LogP contribution in [-0.4, -0.2) is 4.98 Å². The maximum Gasteiger partial charge on any atom is 0.187 e. The van der Waals surface area contributed by atoms with Crippen molar-refractivity contribution in [1.29, 1.82) is 0 Å². The van der Waals surface area contributed by atoms with Crippen molar-refractivity contribution in [2.75, 3.05) is 5.32 Å². The lowest BCUT2D eigenvalue weighted by atomic mass is 10.1. The van der Waals surface area contributed by atoms with Gasteiger partial charge in [0.1, 0.15) is 5.82 Å². The van der Waals surface area contributed by atoms with Gasteiger partial charge in [-0.15, -0.1) is 11.3 Å². The second-order valence-electron chi connectivity index (χ2n) is 4.63. The van der Waals surface area contributed by atoms with Gasteiger partial charge in [0.05, 0.1) is 16.4 Å². The number of rotatable bonds is 3. The minimum Gasteiger partial charge on any atom is -0.330 e. The lowest BCUT2D eigenvalue weighted by Gasteiger charge is -2.04. The topological polar surface area (TPSA) is 24.9 Å². The molecule has 2 aromatic carbocycles. The summed E-state index contributed by atoms with van der Waals surface area (Å²) in [6, 6.07) is 12.4. The number of nitrogens with one attached hydrogen (secondary N) is 1. The first-order valence-corrected chi connectivity index (χ1v) is 7.63. The van der Waals surface area contributed by atoms with E-state index in [0.29, 0.717) is 21.4 Å². The zero-order chi connectivity index (χ0) is 14.8. The second kappa shape index (κ2) is 5.84. The lowest BCUT2D eigenvalue weighted by Crippen LogP contribution is -1.91. The van der Waals surface area contributed by atoms with E-state index < -0.39 is 0 Å². The number of para-hydroxylation sites is 1. The first-order chi connectivity index (χ1) is 10.1. The van der Waals surface area contributed by atoms with Gasteiger partial charge in [0.25, 0.3) is 0 Å². The van der Waals surface area contributed by atoms with Gasteiger partial charge >= 0.3 is 0 Å². The molecule has 0 aliphatic rings. The fourth-order valence-electron chi connectivity index (χ4n) is 1.97. The van der Waals surface area contributed by atoms with E-state index in [1.807, 2.05) is 30.5 Å². The van der Waals surface area contributed by atoms with Crippen molar-refractivity contribution in [3.8, 4) is 11.3 Å². The molecule has 0 unspecified atom stereocenters. The summed E-state index contributed by atoms with van der Waals surface area (Å²) in [5.41, 5.74) is 2.92. The summed E-state index contributed by atoms with van der Waals surface area (Å²) in [5, 5.41) is 6.28. The number of aryl methyl sites for hydroxylation is 1. The Morgan fingerprint density at radius 2 is 2.00 bits per heavy atom. The Hall–Kier alpha value is -1.91. The minimum atomic E-state index is -0.268. The normalized spacial score (nSPS) is 10.6. The molecule has 1 heterocycles. The zero-order valence-corrected chi connectivity index (χ0v) is 12.8. The van der Waals surface area contributed by atoms with Crippen LogP contribution in [-0.2, 0) is 0 Å². The predicted molar refractivity (Wildman–Crippen MR) is 87.0 cm³/mol. The lowest BCUT2D eigenvalue weighted by molar-refractivity contribution is 0.630. The molecule has 0 bridgehead atoms. The van der Waals surface area contributed by atoms with Crippen LogP contribution >= 0.6 is 22.9 Å². The Morgan fingerprint density at radius 3 is 2.81 bits per heavy atom. The van der Waals surface area contributed by atoms with Crippen molar-refractivity contribution in [2.45, 2.75) is 6.92 Å². The molecule has 0 aliphatic heterocycles. The Labute approximate surface area is 131 Å². The molecule has 0 atom stereocenters. The SMILES string of the molecule is Cc1ccc(F)c(-c2csc(Nc3ccccc3Cl)n2)c1. The summed E-state index contributed by atoms with van der Waals surface area (Å²) in [7, 11) is 0. The number of aromatic nitrogens is 1. The van der Waals surface area contributed by atoms with Gasteiger partial charge in [-0.3, -0.25) is 0 Å². The van der Waals surface area contributed by atoms with Gasteiger partial charge in [-0.1, -0.05) is 35.4 Å². The molecule has 0 fully saturated rings. The van der Waals surface area contributed by atoms with Crippen LogP contribution < -0.4 is 5.32 Å². The summed E-state index contributed by atoms with van der Waals surface area (Å²) in [6.07, 6.45) is 0. The Kier molecular flexibility index (Phi) is 3.90. The van der Waals surface area contributed by atoms with Gasteiger partial charge in [-0.05, 0) is 31.2 Å². The van der Waals surface area contributed by atoms with Crippen LogP contribution in [0.1, 0.15) is 5.56 Å². The molecule has 0 amide bonds. The second-order valence-corrected chi connectivity index (χ2v) is 5.89. The van der Waals surface area contributed by atoms with Gasteiger partial charge in [0.15, 0.2) is 5.13 Å². The maximum absolute atomic E-state index is 13.9. The molecule has 0 saturated carbocycles. The summed E-state index contributed by atoms with van der Waals surface area (Å²) in [4.78, 5) is 4.43. The van der Waals surface area contributed by atoms with Crippen molar-refractivity contribution in [1.82, 2.24) is 4.98 Å². The van der Waals surface area contributed by atoms with Gasteiger partial charge < -0.3 is 5.32 Å². The Bertz CT molecular complexity index is 785. The standard InChI is InChI=1S/C16H12ClFN2S/c1-10-6-7-13(18)11(8-10)15-9-21-16(20-15)19-14-5-3-2-4-12(14)17/h2-9H,1H3,(H,19,20). The fraction of sp³-hybridized carbons (Fsp3) is 0.0625. The van der Waals surface area contributed by atoms with Crippen molar-refractivity contribution in [3.63, 3.8) is 0 Å². The van der Waals surface area contributed by atoms with Gasteiger partial charge in [0, 0.05) is 10.9 Å².